The monoisotopic (exact) mass is 417 g/mol. The third-order valence-corrected chi connectivity index (χ3v) is 6.20. The first-order valence-corrected chi connectivity index (χ1v) is 12.2. The Morgan fingerprint density at radius 2 is 1.69 bits per heavy atom. The number of fused-ring (bicyclic) bond motifs is 1. The molecule has 0 atom stereocenters. The van der Waals surface area contributed by atoms with E-state index >= 15 is 0 Å². The zero-order valence-electron chi connectivity index (χ0n) is 18.5. The summed E-state index contributed by atoms with van der Waals surface area (Å²) in [6, 6.07) is 3.96. The fraction of sp³-hybridized carbons (Fsp3) is 0.696. The normalized spacial score (nSPS) is 11.9. The van der Waals surface area contributed by atoms with Crippen LogP contribution in [0.3, 0.4) is 0 Å². The maximum absolute atomic E-state index is 9.49. The van der Waals surface area contributed by atoms with Crippen molar-refractivity contribution in [3.63, 3.8) is 0 Å². The molecular formula is C23H37N4OS+. The van der Waals surface area contributed by atoms with Crippen molar-refractivity contribution >= 4 is 27.2 Å². The molecule has 0 amide bonds. The van der Waals surface area contributed by atoms with Crippen LogP contribution in [0.5, 0.6) is 5.75 Å². The van der Waals surface area contributed by atoms with E-state index in [0.29, 0.717) is 18.0 Å². The lowest BCUT2D eigenvalue weighted by atomic mass is 10.1. The molecule has 0 aliphatic rings. The van der Waals surface area contributed by atoms with Gasteiger partial charge in [-0.05, 0) is 19.3 Å². The number of hydrogen-bond acceptors (Lipinski definition) is 4. The summed E-state index contributed by atoms with van der Waals surface area (Å²) in [7, 11) is 0. The first kappa shape index (κ1) is 23.4. The van der Waals surface area contributed by atoms with E-state index in [0.717, 1.165) is 60.2 Å². The summed E-state index contributed by atoms with van der Waals surface area (Å²) < 4.78 is 9.41. The number of aromatic nitrogens is 1. The maximum atomic E-state index is 9.49. The molecule has 0 saturated carbocycles. The highest BCUT2D eigenvalue weighted by molar-refractivity contribution is 7.16. The number of rotatable bonds is 14. The van der Waals surface area contributed by atoms with E-state index in [1.807, 2.05) is 12.1 Å². The topological polar surface area (TPSA) is 54.7 Å². The van der Waals surface area contributed by atoms with Crippen molar-refractivity contribution in [1.29, 1.82) is 5.39 Å². The van der Waals surface area contributed by atoms with Gasteiger partial charge in [-0.3, -0.25) is 4.99 Å². The van der Waals surface area contributed by atoms with Gasteiger partial charge in [0.05, 0.1) is 22.9 Å². The van der Waals surface area contributed by atoms with Crippen LogP contribution >= 0.6 is 11.3 Å². The summed E-state index contributed by atoms with van der Waals surface area (Å²) in [5.41, 5.74) is 1.64. The minimum Gasteiger partial charge on any atom is -0.486 e. The number of hydrogen-bond donors (Lipinski definition) is 0. The zero-order chi connectivity index (χ0) is 20.9. The summed E-state index contributed by atoms with van der Waals surface area (Å²) >= 11 is 1.67. The smallest absolute Gasteiger partial charge is 0.427 e. The molecule has 0 spiro atoms. The fourth-order valence-corrected chi connectivity index (χ4v) is 4.43. The van der Waals surface area contributed by atoms with Gasteiger partial charge in [-0.15, -0.1) is 0 Å². The van der Waals surface area contributed by atoms with Crippen LogP contribution in [-0.4, -0.2) is 17.7 Å². The largest absolute Gasteiger partial charge is 0.486 e. The second kappa shape index (κ2) is 13.4. The predicted octanol–water partition coefficient (Wildman–Crippen LogP) is 7.43. The molecule has 1 aromatic heterocycles. The van der Waals surface area contributed by atoms with E-state index in [1.54, 1.807) is 11.3 Å². The third kappa shape index (κ3) is 7.15. The predicted molar refractivity (Wildman–Crippen MR) is 124 cm³/mol. The molecule has 0 aliphatic carbocycles. The summed E-state index contributed by atoms with van der Waals surface area (Å²) in [4.78, 5) is 9.36. The Morgan fingerprint density at radius 1 is 0.966 bits per heavy atom. The standard InChI is InChI=1S/C23H37N4OS/c1-4-7-10-11-12-13-16-28-21-18-20-22(17-19(21)26-24)29-23(25-14-8-5-2)27(20)15-9-6-3/h17-18H,4-16H2,1-3H3/q+1. The van der Waals surface area contributed by atoms with Gasteiger partial charge in [0.25, 0.3) is 0 Å². The lowest BCUT2D eigenvalue weighted by Gasteiger charge is -2.07. The first-order valence-electron chi connectivity index (χ1n) is 11.4. The van der Waals surface area contributed by atoms with Crippen LogP contribution in [0.2, 0.25) is 0 Å². The van der Waals surface area contributed by atoms with Gasteiger partial charge in [0.15, 0.2) is 9.78 Å². The van der Waals surface area contributed by atoms with Gasteiger partial charge in [-0.1, -0.05) is 77.1 Å². The molecule has 2 aromatic rings. The van der Waals surface area contributed by atoms with Crippen molar-refractivity contribution in [3.05, 3.63) is 21.9 Å². The van der Waals surface area contributed by atoms with Gasteiger partial charge in [0.1, 0.15) is 0 Å². The summed E-state index contributed by atoms with van der Waals surface area (Å²) in [6.07, 6.45) is 11.9. The van der Waals surface area contributed by atoms with Gasteiger partial charge in [0.2, 0.25) is 11.1 Å². The van der Waals surface area contributed by atoms with Gasteiger partial charge < -0.3 is 9.30 Å². The Hall–Kier alpha value is -1.87. The van der Waals surface area contributed by atoms with E-state index in [2.05, 4.69) is 30.3 Å². The number of benzene rings is 1. The Balaban J connectivity index is 2.20. The molecule has 2 rings (SSSR count). The Bertz CT molecular complexity index is 847. The minimum atomic E-state index is 0.507. The van der Waals surface area contributed by atoms with Crippen molar-refractivity contribution < 1.29 is 4.74 Å². The van der Waals surface area contributed by atoms with Gasteiger partial charge >= 0.3 is 5.69 Å². The van der Waals surface area contributed by atoms with E-state index < -0.39 is 0 Å². The number of ether oxygens (including phenoxy) is 1. The van der Waals surface area contributed by atoms with Crippen LogP contribution in [0, 0.1) is 5.39 Å². The molecule has 0 saturated heterocycles. The van der Waals surface area contributed by atoms with Crippen molar-refractivity contribution in [1.82, 2.24) is 4.57 Å². The number of nitrogens with zero attached hydrogens (tertiary/aromatic N) is 4. The van der Waals surface area contributed by atoms with Gasteiger partial charge in [-0.25, -0.2) is 0 Å². The molecule has 1 aromatic carbocycles. The fourth-order valence-electron chi connectivity index (χ4n) is 3.33. The van der Waals surface area contributed by atoms with E-state index in [4.69, 9.17) is 9.73 Å². The van der Waals surface area contributed by atoms with Gasteiger partial charge in [-0.2, -0.15) is 0 Å². The Labute approximate surface area is 179 Å². The van der Waals surface area contributed by atoms with Crippen molar-refractivity contribution in [2.24, 2.45) is 4.99 Å². The molecule has 0 unspecified atom stereocenters. The second-order valence-corrected chi connectivity index (χ2v) is 8.64. The lowest BCUT2D eigenvalue weighted by Crippen LogP contribution is -2.15. The number of diazo groups is 1. The lowest BCUT2D eigenvalue weighted by molar-refractivity contribution is 0.306. The molecule has 0 bridgehead atoms. The van der Waals surface area contributed by atoms with Crippen LogP contribution in [0.4, 0.5) is 5.69 Å². The summed E-state index contributed by atoms with van der Waals surface area (Å²) in [5.74, 6) is 0.664. The quantitative estimate of drug-likeness (QED) is 0.237. The first-order chi connectivity index (χ1) is 14.2. The van der Waals surface area contributed by atoms with Crippen molar-refractivity contribution in [3.8, 4) is 5.75 Å². The molecule has 0 radical (unpaired) electrons. The minimum absolute atomic E-state index is 0.507. The van der Waals surface area contributed by atoms with Crippen molar-refractivity contribution in [2.75, 3.05) is 13.2 Å². The Kier molecular flexibility index (Phi) is 10.8. The molecule has 1 heterocycles. The third-order valence-electron chi connectivity index (χ3n) is 5.12. The maximum Gasteiger partial charge on any atom is 0.427 e. The van der Waals surface area contributed by atoms with Crippen LogP contribution in [0.15, 0.2) is 17.1 Å². The summed E-state index contributed by atoms with van der Waals surface area (Å²) in [6.45, 7) is 9.10. The van der Waals surface area contributed by atoms with E-state index in [-0.39, 0.29) is 0 Å². The molecule has 0 fully saturated rings. The van der Waals surface area contributed by atoms with E-state index in [9.17, 15) is 5.39 Å². The number of unbranched alkanes of at least 4 members (excludes halogenated alkanes) is 7. The second-order valence-electron chi connectivity index (χ2n) is 7.63. The molecule has 6 heteroatoms. The molecular weight excluding hydrogens is 380 g/mol. The summed E-state index contributed by atoms with van der Waals surface area (Å²) in [5, 5.41) is 9.49. The highest BCUT2D eigenvalue weighted by atomic mass is 32.1. The van der Waals surface area contributed by atoms with Crippen molar-refractivity contribution in [2.45, 2.75) is 91.5 Å². The average Bonchev–Trinajstić information content (AvgIpc) is 3.07. The molecule has 160 valence electrons. The van der Waals surface area contributed by atoms with Crippen LogP contribution in [0.25, 0.3) is 15.2 Å². The molecule has 29 heavy (non-hydrogen) atoms. The molecule has 0 aliphatic heterocycles. The number of aryl methyl sites for hydroxylation is 1. The SMILES string of the molecule is CCCCCCCCOc1cc2c(cc1[N+]#N)sc(=NCCCC)n2CCCC. The highest BCUT2D eigenvalue weighted by Gasteiger charge is 2.20. The molecule has 0 N–H and O–H groups in total. The molecule has 5 nitrogen and oxygen atoms in total. The zero-order valence-corrected chi connectivity index (χ0v) is 19.3. The van der Waals surface area contributed by atoms with E-state index in [1.165, 1.54) is 32.1 Å². The van der Waals surface area contributed by atoms with Crippen LogP contribution in [-0.2, 0) is 6.54 Å². The van der Waals surface area contributed by atoms with Crippen LogP contribution < -0.4 is 9.54 Å². The average molecular weight is 418 g/mol. The van der Waals surface area contributed by atoms with Crippen LogP contribution in [0.1, 0.15) is 85.0 Å². The Morgan fingerprint density at radius 3 is 2.41 bits per heavy atom. The number of thiazole rings is 1. The highest BCUT2D eigenvalue weighted by Crippen LogP contribution is 2.34. The van der Waals surface area contributed by atoms with Gasteiger partial charge in [0, 0.05) is 19.2 Å².